The number of hydrogen-bond acceptors (Lipinski definition) is 7. The first-order chi connectivity index (χ1) is 13.5. The van der Waals surface area contributed by atoms with E-state index in [1.165, 1.54) is 24.1 Å². The fraction of sp³-hybridized carbons (Fsp3) is 0.263. The van der Waals surface area contributed by atoms with Crippen LogP contribution in [0.5, 0.6) is 5.75 Å². The number of carbonyl (C=O) groups is 1. The molecule has 0 spiro atoms. The van der Waals surface area contributed by atoms with Gasteiger partial charge in [0.25, 0.3) is 11.5 Å². The molecule has 2 heterocycles. The van der Waals surface area contributed by atoms with Crippen molar-refractivity contribution in [3.63, 3.8) is 0 Å². The number of rotatable bonds is 7. The third-order valence-corrected chi connectivity index (χ3v) is 4.22. The lowest BCUT2D eigenvalue weighted by molar-refractivity contribution is 0.101. The number of ether oxygens (including phenoxy) is 1. The lowest BCUT2D eigenvalue weighted by Crippen LogP contribution is -2.34. The Bertz CT molecular complexity index is 999. The number of benzene rings is 1. The fourth-order valence-electron chi connectivity index (χ4n) is 2.78. The third-order valence-electron chi connectivity index (χ3n) is 4.22. The van der Waals surface area contributed by atoms with Crippen molar-refractivity contribution in [2.45, 2.75) is 13.5 Å². The molecule has 0 atom stereocenters. The van der Waals surface area contributed by atoms with Crippen molar-refractivity contribution in [2.24, 2.45) is 7.05 Å². The Hall–Kier alpha value is -3.62. The van der Waals surface area contributed by atoms with Crippen molar-refractivity contribution in [1.82, 2.24) is 14.7 Å². The highest BCUT2D eigenvalue weighted by Crippen LogP contribution is 2.19. The van der Waals surface area contributed by atoms with Gasteiger partial charge in [-0.2, -0.15) is 0 Å². The number of methoxy groups -OCH3 is 1. The van der Waals surface area contributed by atoms with Crippen LogP contribution < -0.4 is 20.5 Å². The number of amides is 1. The summed E-state index contributed by atoms with van der Waals surface area (Å²) in [5.74, 6) is -0.349. The monoisotopic (exact) mass is 383 g/mol. The molecule has 1 amide bonds. The lowest BCUT2D eigenvalue weighted by atomic mass is 10.2. The zero-order valence-electron chi connectivity index (χ0n) is 15.9. The first-order valence-corrected chi connectivity index (χ1v) is 8.69. The van der Waals surface area contributed by atoms with Gasteiger partial charge in [0.1, 0.15) is 12.0 Å². The van der Waals surface area contributed by atoms with Crippen molar-refractivity contribution in [2.75, 3.05) is 23.9 Å². The minimum atomic E-state index is -0.588. The molecule has 9 heteroatoms. The number of anilines is 2. The predicted molar refractivity (Wildman–Crippen MR) is 104 cm³/mol. The minimum Gasteiger partial charge on any atom is -0.489 e. The van der Waals surface area contributed by atoms with E-state index in [1.807, 2.05) is 42.2 Å². The quantitative estimate of drug-likeness (QED) is 0.666. The van der Waals surface area contributed by atoms with Crippen LogP contribution in [-0.4, -0.2) is 34.3 Å². The van der Waals surface area contributed by atoms with Crippen LogP contribution in [0.3, 0.4) is 0 Å². The standard InChI is InChI=1S/C19H21N5O4/c1-4-24(11-13-8-6-5-7-9-13)19-22-15(16(27-3)18(26)23(19)2)17(25)21-14-10-20-28-12-14/h5-10,12H,4,11H2,1-3H3,(H,21,25). The molecule has 0 aliphatic heterocycles. The maximum absolute atomic E-state index is 12.8. The summed E-state index contributed by atoms with van der Waals surface area (Å²) >= 11 is 0. The number of nitrogens with zero attached hydrogens (tertiary/aromatic N) is 4. The van der Waals surface area contributed by atoms with Crippen LogP contribution in [0.1, 0.15) is 23.0 Å². The largest absolute Gasteiger partial charge is 0.489 e. The number of carbonyl (C=O) groups excluding carboxylic acids is 1. The van der Waals surface area contributed by atoms with E-state index in [2.05, 4.69) is 15.5 Å². The molecule has 0 saturated heterocycles. The summed E-state index contributed by atoms with van der Waals surface area (Å²) < 4.78 is 11.3. The van der Waals surface area contributed by atoms with Gasteiger partial charge in [-0.15, -0.1) is 0 Å². The Morgan fingerprint density at radius 3 is 2.68 bits per heavy atom. The smallest absolute Gasteiger partial charge is 0.297 e. The molecule has 146 valence electrons. The molecule has 1 N–H and O–H groups in total. The second-order valence-electron chi connectivity index (χ2n) is 6.02. The highest BCUT2D eigenvalue weighted by atomic mass is 16.5. The molecule has 28 heavy (non-hydrogen) atoms. The summed E-state index contributed by atoms with van der Waals surface area (Å²) in [4.78, 5) is 31.8. The zero-order chi connectivity index (χ0) is 20.1. The summed E-state index contributed by atoms with van der Waals surface area (Å²) in [5.41, 5.74) is 0.861. The topological polar surface area (TPSA) is 102 Å². The summed E-state index contributed by atoms with van der Waals surface area (Å²) in [6, 6.07) is 9.81. The molecular weight excluding hydrogens is 362 g/mol. The molecule has 0 radical (unpaired) electrons. The van der Waals surface area contributed by atoms with Gasteiger partial charge in [0.2, 0.25) is 11.7 Å². The Morgan fingerprint density at radius 2 is 2.07 bits per heavy atom. The van der Waals surface area contributed by atoms with Crippen LogP contribution in [0.4, 0.5) is 11.6 Å². The van der Waals surface area contributed by atoms with E-state index in [0.717, 1.165) is 5.56 Å². The van der Waals surface area contributed by atoms with Gasteiger partial charge in [0, 0.05) is 20.1 Å². The first kappa shape index (κ1) is 19.2. The Labute approximate surface area is 161 Å². The molecule has 0 fully saturated rings. The molecular formula is C19H21N5O4. The Balaban J connectivity index is 2.02. The average Bonchev–Trinajstić information content (AvgIpc) is 3.22. The van der Waals surface area contributed by atoms with E-state index in [-0.39, 0.29) is 11.4 Å². The molecule has 0 bridgehead atoms. The average molecular weight is 383 g/mol. The van der Waals surface area contributed by atoms with Crippen LogP contribution >= 0.6 is 0 Å². The van der Waals surface area contributed by atoms with Gasteiger partial charge >= 0.3 is 0 Å². The van der Waals surface area contributed by atoms with Crippen molar-refractivity contribution in [1.29, 1.82) is 0 Å². The highest BCUT2D eigenvalue weighted by Gasteiger charge is 2.24. The number of hydrogen-bond donors (Lipinski definition) is 1. The molecule has 0 unspecified atom stereocenters. The second-order valence-corrected chi connectivity index (χ2v) is 6.02. The molecule has 0 aliphatic carbocycles. The summed E-state index contributed by atoms with van der Waals surface area (Å²) in [6.07, 6.45) is 2.63. The Morgan fingerprint density at radius 1 is 1.32 bits per heavy atom. The molecule has 3 rings (SSSR count). The SMILES string of the molecule is CCN(Cc1ccccc1)c1nc(C(=O)Nc2cnoc2)c(OC)c(=O)n1C. The summed E-state index contributed by atoms with van der Waals surface area (Å²) in [7, 11) is 2.93. The van der Waals surface area contributed by atoms with Crippen LogP contribution in [0.2, 0.25) is 0 Å². The molecule has 0 saturated carbocycles. The lowest BCUT2D eigenvalue weighted by Gasteiger charge is -2.25. The molecule has 9 nitrogen and oxygen atoms in total. The fourth-order valence-corrected chi connectivity index (χ4v) is 2.78. The van der Waals surface area contributed by atoms with Gasteiger partial charge in [-0.05, 0) is 12.5 Å². The van der Waals surface area contributed by atoms with E-state index >= 15 is 0 Å². The summed E-state index contributed by atoms with van der Waals surface area (Å²) in [6.45, 7) is 3.08. The van der Waals surface area contributed by atoms with Crippen LogP contribution in [-0.2, 0) is 13.6 Å². The van der Waals surface area contributed by atoms with Crippen LogP contribution in [0, 0.1) is 0 Å². The molecule has 1 aromatic carbocycles. The van der Waals surface area contributed by atoms with Gasteiger partial charge < -0.3 is 19.5 Å². The van der Waals surface area contributed by atoms with Crippen LogP contribution in [0.15, 0.2) is 52.1 Å². The van der Waals surface area contributed by atoms with Gasteiger partial charge in [0.05, 0.1) is 13.3 Å². The first-order valence-electron chi connectivity index (χ1n) is 8.69. The van der Waals surface area contributed by atoms with Crippen molar-refractivity contribution in [3.05, 3.63) is 64.4 Å². The normalized spacial score (nSPS) is 10.5. The van der Waals surface area contributed by atoms with Crippen molar-refractivity contribution >= 4 is 17.5 Å². The zero-order valence-corrected chi connectivity index (χ0v) is 15.9. The van der Waals surface area contributed by atoms with Crippen molar-refractivity contribution in [3.8, 4) is 5.75 Å². The molecule has 0 aliphatic rings. The van der Waals surface area contributed by atoms with Gasteiger partial charge in [-0.25, -0.2) is 4.98 Å². The van der Waals surface area contributed by atoms with E-state index in [4.69, 9.17) is 9.26 Å². The maximum Gasteiger partial charge on any atom is 0.297 e. The van der Waals surface area contributed by atoms with Gasteiger partial charge in [-0.1, -0.05) is 35.5 Å². The Kier molecular flexibility index (Phi) is 5.73. The van der Waals surface area contributed by atoms with E-state index < -0.39 is 11.5 Å². The molecule has 3 aromatic rings. The third kappa shape index (κ3) is 3.88. The van der Waals surface area contributed by atoms with Crippen LogP contribution in [0.25, 0.3) is 0 Å². The number of aromatic nitrogens is 3. The summed E-state index contributed by atoms with van der Waals surface area (Å²) in [5, 5.41) is 6.12. The van der Waals surface area contributed by atoms with E-state index in [1.54, 1.807) is 7.05 Å². The van der Waals surface area contributed by atoms with Crippen molar-refractivity contribution < 1.29 is 14.1 Å². The van der Waals surface area contributed by atoms with E-state index in [9.17, 15) is 9.59 Å². The highest BCUT2D eigenvalue weighted by molar-refractivity contribution is 6.04. The maximum atomic E-state index is 12.8. The predicted octanol–water partition coefficient (Wildman–Crippen LogP) is 2.06. The minimum absolute atomic E-state index is 0.103. The number of nitrogens with one attached hydrogen (secondary N) is 1. The molecule has 2 aromatic heterocycles. The van der Waals surface area contributed by atoms with Gasteiger partial charge in [0.15, 0.2) is 5.69 Å². The van der Waals surface area contributed by atoms with E-state index in [0.29, 0.717) is 24.7 Å². The van der Waals surface area contributed by atoms with Gasteiger partial charge in [-0.3, -0.25) is 14.2 Å². The second kappa shape index (κ2) is 8.38.